The summed E-state index contributed by atoms with van der Waals surface area (Å²) in [5.74, 6) is -1.97. The van der Waals surface area contributed by atoms with Gasteiger partial charge in [-0.1, -0.05) is 80.4 Å². The second-order valence-corrected chi connectivity index (χ2v) is 7.15. The predicted octanol–water partition coefficient (Wildman–Crippen LogP) is 3.38. The number of hydrogen-bond acceptors (Lipinski definition) is 4. The maximum atomic E-state index is 12.1. The van der Waals surface area contributed by atoms with Gasteiger partial charge >= 0.3 is 11.9 Å². The van der Waals surface area contributed by atoms with Gasteiger partial charge in [-0.05, 0) is 30.4 Å². The van der Waals surface area contributed by atoms with E-state index >= 15 is 0 Å². The number of nitrogens with zero attached hydrogens (tertiary/aromatic N) is 1. The summed E-state index contributed by atoms with van der Waals surface area (Å²) in [4.78, 5) is 23.9. The van der Waals surface area contributed by atoms with E-state index in [1.165, 1.54) is 0 Å². The SMILES string of the molecule is CCCCCN(N[C@@H](Cc1ccccc1)C(=O)O)[C@@H](Cc1ccccc1)C(=O)O. The third-order valence-electron chi connectivity index (χ3n) is 4.84. The van der Waals surface area contributed by atoms with Crippen LogP contribution in [0.2, 0.25) is 0 Å². The third kappa shape index (κ3) is 7.68. The van der Waals surface area contributed by atoms with Gasteiger partial charge in [0, 0.05) is 6.54 Å². The van der Waals surface area contributed by atoms with Crippen molar-refractivity contribution >= 4 is 11.9 Å². The number of nitrogens with one attached hydrogen (secondary N) is 1. The number of unbranched alkanes of at least 4 members (excludes halogenated alkanes) is 2. The monoisotopic (exact) mass is 398 g/mol. The van der Waals surface area contributed by atoms with Crippen LogP contribution < -0.4 is 5.43 Å². The Morgan fingerprint density at radius 3 is 1.90 bits per heavy atom. The molecular formula is C23H30N2O4. The highest BCUT2D eigenvalue weighted by molar-refractivity contribution is 5.75. The topological polar surface area (TPSA) is 89.9 Å². The van der Waals surface area contributed by atoms with Gasteiger partial charge in [-0.3, -0.25) is 9.59 Å². The molecule has 2 rings (SSSR count). The Balaban J connectivity index is 2.20. The van der Waals surface area contributed by atoms with Crippen LogP contribution in [-0.4, -0.2) is 45.8 Å². The van der Waals surface area contributed by atoms with Gasteiger partial charge in [0.25, 0.3) is 0 Å². The van der Waals surface area contributed by atoms with Crippen molar-refractivity contribution in [2.45, 2.75) is 51.1 Å². The molecule has 3 N–H and O–H groups in total. The van der Waals surface area contributed by atoms with Crippen LogP contribution in [0.15, 0.2) is 60.7 Å². The lowest BCUT2D eigenvalue weighted by molar-refractivity contribution is -0.149. The van der Waals surface area contributed by atoms with E-state index in [9.17, 15) is 19.8 Å². The molecule has 0 heterocycles. The maximum absolute atomic E-state index is 12.1. The standard InChI is InChI=1S/C23H30N2O4/c1-2-3-10-15-25(21(23(28)29)17-19-13-8-5-9-14-19)24-20(22(26)27)16-18-11-6-4-7-12-18/h4-9,11-14,20-21,24H,2-3,10,15-17H2,1H3,(H,26,27)(H,28,29)/t20-,21-/m0/s1. The van der Waals surface area contributed by atoms with E-state index < -0.39 is 24.0 Å². The molecule has 6 nitrogen and oxygen atoms in total. The Bertz CT molecular complexity index is 752. The summed E-state index contributed by atoms with van der Waals surface area (Å²) in [6.45, 7) is 2.54. The number of hydrazine groups is 1. The fourth-order valence-electron chi connectivity index (χ4n) is 3.25. The number of carbonyl (C=O) groups is 2. The first kappa shape index (κ1) is 22.6. The molecule has 0 saturated carbocycles. The molecule has 0 aliphatic rings. The molecule has 0 aromatic heterocycles. The van der Waals surface area contributed by atoms with Crippen LogP contribution in [0, 0.1) is 0 Å². The minimum absolute atomic E-state index is 0.276. The molecule has 2 atom stereocenters. The van der Waals surface area contributed by atoms with Crippen LogP contribution in [0.1, 0.15) is 37.3 Å². The minimum atomic E-state index is -1.00. The molecular weight excluding hydrogens is 368 g/mol. The van der Waals surface area contributed by atoms with Crippen molar-refractivity contribution in [3.05, 3.63) is 71.8 Å². The van der Waals surface area contributed by atoms with E-state index in [0.29, 0.717) is 13.0 Å². The molecule has 0 aliphatic carbocycles. The zero-order valence-electron chi connectivity index (χ0n) is 16.8. The van der Waals surface area contributed by atoms with Crippen LogP contribution in [0.4, 0.5) is 0 Å². The van der Waals surface area contributed by atoms with Gasteiger partial charge in [0.1, 0.15) is 12.1 Å². The highest BCUT2D eigenvalue weighted by Gasteiger charge is 2.30. The molecule has 0 radical (unpaired) electrons. The molecule has 0 saturated heterocycles. The molecule has 2 aromatic rings. The van der Waals surface area contributed by atoms with Crippen LogP contribution >= 0.6 is 0 Å². The minimum Gasteiger partial charge on any atom is -0.480 e. The molecule has 6 heteroatoms. The first-order chi connectivity index (χ1) is 14.0. The van der Waals surface area contributed by atoms with E-state index in [1.807, 2.05) is 60.7 Å². The van der Waals surface area contributed by atoms with Crippen LogP contribution in [0.3, 0.4) is 0 Å². The largest absolute Gasteiger partial charge is 0.480 e. The summed E-state index contributed by atoms with van der Waals surface area (Å²) in [5.41, 5.74) is 4.80. The van der Waals surface area contributed by atoms with Gasteiger partial charge < -0.3 is 10.2 Å². The number of hydrogen-bond donors (Lipinski definition) is 3. The van der Waals surface area contributed by atoms with Crippen molar-refractivity contribution in [1.29, 1.82) is 0 Å². The van der Waals surface area contributed by atoms with Gasteiger partial charge in [0.05, 0.1) is 0 Å². The molecule has 0 aliphatic heterocycles. The second kappa shape index (κ2) is 12.0. The molecule has 0 amide bonds. The Kier molecular flexibility index (Phi) is 9.34. The smallest absolute Gasteiger partial charge is 0.322 e. The lowest BCUT2D eigenvalue weighted by atomic mass is 10.0. The summed E-state index contributed by atoms with van der Waals surface area (Å²) in [7, 11) is 0. The molecule has 0 spiro atoms. The van der Waals surface area contributed by atoms with Gasteiger partial charge in [0.2, 0.25) is 0 Å². The quantitative estimate of drug-likeness (QED) is 0.354. The maximum Gasteiger partial charge on any atom is 0.322 e. The zero-order chi connectivity index (χ0) is 21.1. The lowest BCUT2D eigenvalue weighted by Gasteiger charge is -2.32. The third-order valence-corrected chi connectivity index (χ3v) is 4.84. The van der Waals surface area contributed by atoms with E-state index in [2.05, 4.69) is 12.3 Å². The van der Waals surface area contributed by atoms with Crippen molar-refractivity contribution in [2.24, 2.45) is 0 Å². The van der Waals surface area contributed by atoms with Crippen LogP contribution in [0.5, 0.6) is 0 Å². The molecule has 0 fully saturated rings. The van der Waals surface area contributed by atoms with Crippen molar-refractivity contribution in [3.8, 4) is 0 Å². The number of aliphatic carboxylic acids is 2. The Morgan fingerprint density at radius 2 is 1.41 bits per heavy atom. The number of carboxylic acids is 2. The number of benzene rings is 2. The average molecular weight is 399 g/mol. The van der Waals surface area contributed by atoms with Crippen molar-refractivity contribution in [3.63, 3.8) is 0 Å². The van der Waals surface area contributed by atoms with Crippen LogP contribution in [0.25, 0.3) is 0 Å². The highest BCUT2D eigenvalue weighted by Crippen LogP contribution is 2.12. The van der Waals surface area contributed by atoms with E-state index in [0.717, 1.165) is 30.4 Å². The summed E-state index contributed by atoms with van der Waals surface area (Å²) >= 11 is 0. The van der Waals surface area contributed by atoms with E-state index in [-0.39, 0.29) is 6.42 Å². The van der Waals surface area contributed by atoms with Gasteiger partial charge in [-0.2, -0.15) is 0 Å². The lowest BCUT2D eigenvalue weighted by Crippen LogP contribution is -2.57. The van der Waals surface area contributed by atoms with E-state index in [1.54, 1.807) is 5.01 Å². The summed E-state index contributed by atoms with van der Waals surface area (Å²) < 4.78 is 0. The highest BCUT2D eigenvalue weighted by atomic mass is 16.4. The van der Waals surface area contributed by atoms with Crippen LogP contribution in [-0.2, 0) is 22.4 Å². The predicted molar refractivity (Wildman–Crippen MR) is 113 cm³/mol. The Morgan fingerprint density at radius 1 is 0.862 bits per heavy atom. The Labute approximate surface area is 172 Å². The summed E-state index contributed by atoms with van der Waals surface area (Å²) in [6.07, 6.45) is 3.31. The second-order valence-electron chi connectivity index (χ2n) is 7.15. The molecule has 29 heavy (non-hydrogen) atoms. The van der Waals surface area contributed by atoms with Crippen molar-refractivity contribution < 1.29 is 19.8 Å². The molecule has 156 valence electrons. The van der Waals surface area contributed by atoms with Gasteiger partial charge in [-0.25, -0.2) is 10.4 Å². The molecule has 2 aromatic carbocycles. The fraction of sp³-hybridized carbons (Fsp3) is 0.391. The molecule has 0 unspecified atom stereocenters. The number of rotatable bonds is 13. The normalized spacial score (nSPS) is 13.2. The first-order valence-corrected chi connectivity index (χ1v) is 10.1. The van der Waals surface area contributed by atoms with Crippen molar-refractivity contribution in [2.75, 3.05) is 6.54 Å². The first-order valence-electron chi connectivity index (χ1n) is 10.1. The Hall–Kier alpha value is -2.70. The number of carboxylic acid groups (broad SMARTS) is 2. The summed E-state index contributed by atoms with van der Waals surface area (Å²) in [5, 5.41) is 21.2. The molecule has 0 bridgehead atoms. The van der Waals surface area contributed by atoms with Crippen molar-refractivity contribution in [1.82, 2.24) is 10.4 Å². The van der Waals surface area contributed by atoms with Gasteiger partial charge in [-0.15, -0.1) is 0 Å². The van der Waals surface area contributed by atoms with E-state index in [4.69, 9.17) is 0 Å². The van der Waals surface area contributed by atoms with Gasteiger partial charge in [0.15, 0.2) is 0 Å². The summed E-state index contributed by atoms with van der Waals surface area (Å²) in [6, 6.07) is 17.0. The fourth-order valence-corrected chi connectivity index (χ4v) is 3.25. The zero-order valence-corrected chi connectivity index (χ0v) is 16.8. The average Bonchev–Trinajstić information content (AvgIpc) is 2.72.